The summed E-state index contributed by atoms with van der Waals surface area (Å²) in [6.45, 7) is 6.48. The molecule has 19 heavy (non-hydrogen) atoms. The molecule has 0 aliphatic heterocycles. The summed E-state index contributed by atoms with van der Waals surface area (Å²) < 4.78 is 5.07. The van der Waals surface area contributed by atoms with E-state index in [-0.39, 0.29) is 11.3 Å². The maximum atomic E-state index is 12.1. The van der Waals surface area contributed by atoms with Crippen LogP contribution in [0.1, 0.15) is 26.3 Å². The molecule has 4 heteroatoms. The van der Waals surface area contributed by atoms with Gasteiger partial charge in [0.2, 0.25) is 5.91 Å². The zero-order valence-electron chi connectivity index (χ0n) is 12.2. The highest BCUT2D eigenvalue weighted by molar-refractivity contribution is 5.95. The average Bonchev–Trinajstić information content (AvgIpc) is 2.35. The molecule has 0 aromatic heterocycles. The molecular weight excluding hydrogens is 240 g/mol. The Morgan fingerprint density at radius 3 is 2.58 bits per heavy atom. The quantitative estimate of drug-likeness (QED) is 0.856. The van der Waals surface area contributed by atoms with Crippen molar-refractivity contribution in [1.29, 1.82) is 0 Å². The van der Waals surface area contributed by atoms with Crippen LogP contribution in [0.15, 0.2) is 24.3 Å². The van der Waals surface area contributed by atoms with Gasteiger partial charge in [0, 0.05) is 12.8 Å². The molecule has 1 aromatic rings. The van der Waals surface area contributed by atoms with E-state index in [1.165, 1.54) is 0 Å². The van der Waals surface area contributed by atoms with Crippen LogP contribution in [0.3, 0.4) is 0 Å². The number of methoxy groups -OCH3 is 1. The number of nitrogens with one attached hydrogen (secondary N) is 1. The Kier molecular flexibility index (Phi) is 5.51. The van der Waals surface area contributed by atoms with Gasteiger partial charge in [-0.3, -0.25) is 4.79 Å². The highest BCUT2D eigenvalue weighted by Gasteiger charge is 2.27. The zero-order chi connectivity index (χ0) is 14.5. The van der Waals surface area contributed by atoms with Crippen LogP contribution in [-0.4, -0.2) is 25.7 Å². The number of carbonyl (C=O) groups is 1. The molecule has 1 amide bonds. The topological polar surface area (TPSA) is 64.3 Å². The minimum absolute atomic E-state index is 0.155. The summed E-state index contributed by atoms with van der Waals surface area (Å²) in [7, 11) is 1.66. The average molecular weight is 264 g/mol. The van der Waals surface area contributed by atoms with Crippen molar-refractivity contribution >= 4 is 11.6 Å². The number of hydrogen-bond acceptors (Lipinski definition) is 3. The lowest BCUT2D eigenvalue weighted by Crippen LogP contribution is -2.45. The molecular formula is C15H24N2O2. The minimum Gasteiger partial charge on any atom is -0.384 e. The van der Waals surface area contributed by atoms with E-state index in [1.807, 2.05) is 45.0 Å². The number of benzene rings is 1. The van der Waals surface area contributed by atoms with Crippen LogP contribution in [0, 0.1) is 5.41 Å². The van der Waals surface area contributed by atoms with Crippen LogP contribution in [-0.2, 0) is 16.0 Å². The van der Waals surface area contributed by atoms with Gasteiger partial charge in [0.1, 0.15) is 0 Å². The zero-order valence-corrected chi connectivity index (χ0v) is 12.2. The normalized spacial score (nSPS) is 13.1. The van der Waals surface area contributed by atoms with Crippen LogP contribution >= 0.6 is 0 Å². The molecule has 1 atom stereocenters. The SMILES string of the molecule is COCCc1ccccc1NC(=O)C(N)C(C)(C)C. The molecule has 0 spiro atoms. The molecule has 0 saturated heterocycles. The Morgan fingerprint density at radius 1 is 1.37 bits per heavy atom. The number of carbonyl (C=O) groups excluding carboxylic acids is 1. The van der Waals surface area contributed by atoms with Crippen LogP contribution in [0.2, 0.25) is 0 Å². The Bertz CT molecular complexity index is 424. The molecule has 0 bridgehead atoms. The monoisotopic (exact) mass is 264 g/mol. The van der Waals surface area contributed by atoms with Gasteiger partial charge in [0.05, 0.1) is 12.6 Å². The number of hydrogen-bond donors (Lipinski definition) is 2. The first-order chi connectivity index (χ1) is 8.86. The third kappa shape index (κ3) is 4.65. The van der Waals surface area contributed by atoms with Crippen molar-refractivity contribution in [3.63, 3.8) is 0 Å². The van der Waals surface area contributed by atoms with E-state index in [9.17, 15) is 4.79 Å². The summed E-state index contributed by atoms with van der Waals surface area (Å²) in [5.41, 5.74) is 7.56. The lowest BCUT2D eigenvalue weighted by molar-refractivity contribution is -0.119. The molecule has 1 aromatic carbocycles. The van der Waals surface area contributed by atoms with Crippen LogP contribution in [0.4, 0.5) is 5.69 Å². The number of anilines is 1. The van der Waals surface area contributed by atoms with Gasteiger partial charge in [-0.05, 0) is 23.5 Å². The van der Waals surface area contributed by atoms with Crippen molar-refractivity contribution in [3.8, 4) is 0 Å². The minimum atomic E-state index is -0.539. The predicted octanol–water partition coefficient (Wildman–Crippen LogP) is 2.19. The molecule has 4 nitrogen and oxygen atoms in total. The highest BCUT2D eigenvalue weighted by atomic mass is 16.5. The van der Waals surface area contributed by atoms with Crippen LogP contribution in [0.25, 0.3) is 0 Å². The summed E-state index contributed by atoms with van der Waals surface area (Å²) in [5, 5.41) is 2.91. The number of ether oxygens (including phenoxy) is 1. The van der Waals surface area contributed by atoms with Crippen molar-refractivity contribution in [2.24, 2.45) is 11.1 Å². The number of rotatable bonds is 5. The Morgan fingerprint density at radius 2 is 2.00 bits per heavy atom. The molecule has 106 valence electrons. The Balaban J connectivity index is 2.79. The number of para-hydroxylation sites is 1. The van der Waals surface area contributed by atoms with Gasteiger partial charge in [-0.2, -0.15) is 0 Å². The molecule has 0 aliphatic carbocycles. The first kappa shape index (κ1) is 15.7. The van der Waals surface area contributed by atoms with E-state index in [1.54, 1.807) is 7.11 Å². The molecule has 1 unspecified atom stereocenters. The number of nitrogens with two attached hydrogens (primary N) is 1. The van der Waals surface area contributed by atoms with E-state index in [4.69, 9.17) is 10.5 Å². The summed E-state index contributed by atoms with van der Waals surface area (Å²) in [6, 6.07) is 7.18. The molecule has 0 saturated carbocycles. The van der Waals surface area contributed by atoms with Gasteiger partial charge < -0.3 is 15.8 Å². The van der Waals surface area contributed by atoms with Crippen molar-refractivity contribution in [2.45, 2.75) is 33.2 Å². The summed E-state index contributed by atoms with van der Waals surface area (Å²) in [6.07, 6.45) is 0.762. The Labute approximate surface area is 115 Å². The fraction of sp³-hybridized carbons (Fsp3) is 0.533. The lowest BCUT2D eigenvalue weighted by atomic mass is 9.87. The smallest absolute Gasteiger partial charge is 0.241 e. The molecule has 3 N–H and O–H groups in total. The molecule has 0 aliphatic rings. The van der Waals surface area contributed by atoms with E-state index in [2.05, 4.69) is 5.32 Å². The van der Waals surface area contributed by atoms with Gasteiger partial charge in [0.15, 0.2) is 0 Å². The van der Waals surface area contributed by atoms with Crippen LogP contribution < -0.4 is 11.1 Å². The third-order valence-electron chi connectivity index (χ3n) is 3.07. The number of amides is 1. The first-order valence-corrected chi connectivity index (χ1v) is 6.49. The second-order valence-electron chi connectivity index (χ2n) is 5.73. The van der Waals surface area contributed by atoms with E-state index in [0.717, 1.165) is 17.7 Å². The fourth-order valence-electron chi connectivity index (χ4n) is 1.68. The third-order valence-corrected chi connectivity index (χ3v) is 3.07. The Hall–Kier alpha value is -1.39. The first-order valence-electron chi connectivity index (χ1n) is 6.49. The largest absolute Gasteiger partial charge is 0.384 e. The van der Waals surface area contributed by atoms with Gasteiger partial charge in [-0.1, -0.05) is 39.0 Å². The van der Waals surface area contributed by atoms with Crippen molar-refractivity contribution < 1.29 is 9.53 Å². The van der Waals surface area contributed by atoms with Crippen molar-refractivity contribution in [3.05, 3.63) is 29.8 Å². The summed E-state index contributed by atoms with van der Waals surface area (Å²) in [5.74, 6) is -0.155. The van der Waals surface area contributed by atoms with Gasteiger partial charge >= 0.3 is 0 Å². The molecule has 0 radical (unpaired) electrons. The van der Waals surface area contributed by atoms with E-state index >= 15 is 0 Å². The highest BCUT2D eigenvalue weighted by Crippen LogP contribution is 2.21. The maximum Gasteiger partial charge on any atom is 0.241 e. The van der Waals surface area contributed by atoms with Gasteiger partial charge in [-0.15, -0.1) is 0 Å². The summed E-state index contributed by atoms with van der Waals surface area (Å²) >= 11 is 0. The second kappa shape index (κ2) is 6.68. The van der Waals surface area contributed by atoms with Gasteiger partial charge in [-0.25, -0.2) is 0 Å². The lowest BCUT2D eigenvalue weighted by Gasteiger charge is -2.26. The maximum absolute atomic E-state index is 12.1. The van der Waals surface area contributed by atoms with Crippen LogP contribution in [0.5, 0.6) is 0 Å². The van der Waals surface area contributed by atoms with Crippen molar-refractivity contribution in [1.82, 2.24) is 0 Å². The van der Waals surface area contributed by atoms with E-state index in [0.29, 0.717) is 6.61 Å². The molecule has 0 heterocycles. The van der Waals surface area contributed by atoms with Gasteiger partial charge in [0.25, 0.3) is 0 Å². The second-order valence-corrected chi connectivity index (χ2v) is 5.73. The molecule has 1 rings (SSSR count). The predicted molar refractivity (Wildman–Crippen MR) is 78.1 cm³/mol. The van der Waals surface area contributed by atoms with Crippen molar-refractivity contribution in [2.75, 3.05) is 19.0 Å². The van der Waals surface area contributed by atoms with E-state index < -0.39 is 6.04 Å². The fourth-order valence-corrected chi connectivity index (χ4v) is 1.68. The molecule has 0 fully saturated rings. The standard InChI is InChI=1S/C15H24N2O2/c1-15(2,3)13(16)14(18)17-12-8-6-5-7-11(12)9-10-19-4/h5-8,13H,9-10,16H2,1-4H3,(H,17,18). The summed E-state index contributed by atoms with van der Waals surface area (Å²) in [4.78, 5) is 12.1.